The van der Waals surface area contributed by atoms with Crippen LogP contribution >= 0.6 is 11.6 Å². The van der Waals surface area contributed by atoms with Gasteiger partial charge in [-0.1, -0.05) is 29.8 Å². The highest BCUT2D eigenvalue weighted by Crippen LogP contribution is 2.32. The van der Waals surface area contributed by atoms with Crippen molar-refractivity contribution in [3.63, 3.8) is 0 Å². The summed E-state index contributed by atoms with van der Waals surface area (Å²) in [5.74, 6) is -0.238. The summed E-state index contributed by atoms with van der Waals surface area (Å²) in [6.45, 7) is 0.953. The van der Waals surface area contributed by atoms with Crippen LogP contribution in [0.25, 0.3) is 0 Å². The van der Waals surface area contributed by atoms with Crippen molar-refractivity contribution in [1.29, 1.82) is 0 Å². The highest BCUT2D eigenvalue weighted by Gasteiger charge is 2.18. The molecule has 1 amide bonds. The molecule has 0 bridgehead atoms. The predicted molar refractivity (Wildman–Crippen MR) is 105 cm³/mol. The number of pyridine rings is 1. The average Bonchev–Trinajstić information content (AvgIpc) is 2.69. The summed E-state index contributed by atoms with van der Waals surface area (Å²) in [7, 11) is 0. The molecule has 0 unspecified atom stereocenters. The summed E-state index contributed by atoms with van der Waals surface area (Å²) in [5, 5.41) is 3.46. The largest absolute Gasteiger partial charge is 0.340 e. The molecule has 0 saturated heterocycles. The molecule has 1 aliphatic rings. The van der Waals surface area contributed by atoms with Crippen LogP contribution in [-0.4, -0.2) is 17.4 Å². The Labute approximate surface area is 157 Å². The van der Waals surface area contributed by atoms with Crippen molar-refractivity contribution in [2.75, 3.05) is 16.8 Å². The topological polar surface area (TPSA) is 45.2 Å². The normalized spacial score (nSPS) is 13.2. The maximum atomic E-state index is 12.4. The van der Waals surface area contributed by atoms with E-state index in [4.69, 9.17) is 11.6 Å². The highest BCUT2D eigenvalue weighted by atomic mass is 35.5. The minimum absolute atomic E-state index is 0.238. The SMILES string of the molecule is O=C(Nc1ccc(Cl)cc1)c1ccc(N2CCCc3ccccc32)cn1. The van der Waals surface area contributed by atoms with Crippen LogP contribution in [0.2, 0.25) is 5.02 Å². The van der Waals surface area contributed by atoms with E-state index in [9.17, 15) is 4.79 Å². The van der Waals surface area contributed by atoms with E-state index >= 15 is 0 Å². The number of fused-ring (bicyclic) bond motifs is 1. The van der Waals surface area contributed by atoms with Gasteiger partial charge in [-0.2, -0.15) is 0 Å². The second-order valence-electron chi connectivity index (χ2n) is 6.25. The van der Waals surface area contributed by atoms with Gasteiger partial charge < -0.3 is 10.2 Å². The average molecular weight is 364 g/mol. The van der Waals surface area contributed by atoms with Crippen molar-refractivity contribution in [1.82, 2.24) is 4.98 Å². The van der Waals surface area contributed by atoms with Gasteiger partial charge >= 0.3 is 0 Å². The van der Waals surface area contributed by atoms with Crippen molar-refractivity contribution in [2.45, 2.75) is 12.8 Å². The first-order chi connectivity index (χ1) is 12.7. The fourth-order valence-corrected chi connectivity index (χ4v) is 3.34. The highest BCUT2D eigenvalue weighted by molar-refractivity contribution is 6.30. The Morgan fingerprint density at radius 2 is 1.85 bits per heavy atom. The van der Waals surface area contributed by atoms with Gasteiger partial charge in [0.1, 0.15) is 5.69 Å². The van der Waals surface area contributed by atoms with Crippen LogP contribution < -0.4 is 10.2 Å². The number of halogens is 1. The number of hydrogen-bond acceptors (Lipinski definition) is 3. The van der Waals surface area contributed by atoms with Gasteiger partial charge in [-0.15, -0.1) is 0 Å². The minimum Gasteiger partial charge on any atom is -0.340 e. The number of amides is 1. The summed E-state index contributed by atoms with van der Waals surface area (Å²) in [4.78, 5) is 19.0. The van der Waals surface area contributed by atoms with E-state index in [1.165, 1.54) is 11.3 Å². The van der Waals surface area contributed by atoms with Crippen LogP contribution in [0.15, 0.2) is 66.9 Å². The van der Waals surface area contributed by atoms with Gasteiger partial charge in [-0.25, -0.2) is 4.98 Å². The molecule has 0 fully saturated rings. The number of carbonyl (C=O) groups is 1. The molecule has 0 radical (unpaired) electrons. The van der Waals surface area contributed by atoms with Crippen LogP contribution in [0, 0.1) is 0 Å². The molecule has 0 saturated carbocycles. The summed E-state index contributed by atoms with van der Waals surface area (Å²) in [6.07, 6.45) is 3.97. The fraction of sp³-hybridized carbons (Fsp3) is 0.143. The second-order valence-corrected chi connectivity index (χ2v) is 6.68. The van der Waals surface area contributed by atoms with E-state index in [-0.39, 0.29) is 5.91 Å². The van der Waals surface area contributed by atoms with Crippen molar-refractivity contribution in [2.24, 2.45) is 0 Å². The predicted octanol–water partition coefficient (Wildman–Crippen LogP) is 5.07. The molecule has 1 aromatic heterocycles. The number of carbonyl (C=O) groups excluding carboxylic acids is 1. The molecule has 130 valence electrons. The van der Waals surface area contributed by atoms with E-state index in [0.29, 0.717) is 16.4 Å². The van der Waals surface area contributed by atoms with E-state index in [1.54, 1.807) is 36.5 Å². The zero-order chi connectivity index (χ0) is 17.9. The molecule has 4 rings (SSSR count). The van der Waals surface area contributed by atoms with E-state index in [2.05, 4.69) is 39.5 Å². The number of para-hydroxylation sites is 1. The lowest BCUT2D eigenvalue weighted by Crippen LogP contribution is -2.24. The first-order valence-corrected chi connectivity index (χ1v) is 8.97. The summed E-state index contributed by atoms with van der Waals surface area (Å²) in [5.41, 5.74) is 4.65. The maximum absolute atomic E-state index is 12.4. The zero-order valence-electron chi connectivity index (χ0n) is 14.2. The third kappa shape index (κ3) is 3.41. The minimum atomic E-state index is -0.238. The molecule has 0 aliphatic carbocycles. The molecule has 5 heteroatoms. The van der Waals surface area contributed by atoms with Gasteiger partial charge in [0.15, 0.2) is 0 Å². The first-order valence-electron chi connectivity index (χ1n) is 8.59. The maximum Gasteiger partial charge on any atom is 0.274 e. The Morgan fingerprint density at radius 3 is 2.62 bits per heavy atom. The molecule has 0 atom stereocenters. The lowest BCUT2D eigenvalue weighted by atomic mass is 10.0. The smallest absolute Gasteiger partial charge is 0.274 e. The Morgan fingerprint density at radius 1 is 1.04 bits per heavy atom. The lowest BCUT2D eigenvalue weighted by molar-refractivity contribution is 0.102. The monoisotopic (exact) mass is 363 g/mol. The molecule has 1 N–H and O–H groups in total. The molecule has 0 spiro atoms. The number of hydrogen-bond donors (Lipinski definition) is 1. The second kappa shape index (κ2) is 7.18. The number of aryl methyl sites for hydroxylation is 1. The van der Waals surface area contributed by atoms with Crippen LogP contribution in [0.5, 0.6) is 0 Å². The third-order valence-electron chi connectivity index (χ3n) is 4.50. The Bertz CT molecular complexity index is 923. The molecule has 26 heavy (non-hydrogen) atoms. The number of benzene rings is 2. The van der Waals surface area contributed by atoms with Crippen molar-refractivity contribution in [3.8, 4) is 0 Å². The van der Waals surface area contributed by atoms with E-state index in [0.717, 1.165) is 25.1 Å². The molecule has 4 nitrogen and oxygen atoms in total. The molecule has 2 aromatic carbocycles. The molecular formula is C21H18ClN3O. The van der Waals surface area contributed by atoms with Gasteiger partial charge in [0.05, 0.1) is 11.9 Å². The van der Waals surface area contributed by atoms with Crippen LogP contribution in [0.4, 0.5) is 17.1 Å². The van der Waals surface area contributed by atoms with Gasteiger partial charge in [0, 0.05) is 22.9 Å². The van der Waals surface area contributed by atoms with Crippen molar-refractivity contribution < 1.29 is 4.79 Å². The van der Waals surface area contributed by atoms with E-state index < -0.39 is 0 Å². The number of nitrogens with one attached hydrogen (secondary N) is 1. The third-order valence-corrected chi connectivity index (χ3v) is 4.76. The van der Waals surface area contributed by atoms with Crippen LogP contribution in [0.3, 0.4) is 0 Å². The summed E-state index contributed by atoms with van der Waals surface area (Å²) >= 11 is 5.86. The zero-order valence-corrected chi connectivity index (χ0v) is 14.9. The fourth-order valence-electron chi connectivity index (χ4n) is 3.21. The molecule has 3 aromatic rings. The first kappa shape index (κ1) is 16.6. The van der Waals surface area contributed by atoms with Gasteiger partial charge in [0.25, 0.3) is 5.91 Å². The number of rotatable bonds is 3. The lowest BCUT2D eigenvalue weighted by Gasteiger charge is -2.31. The van der Waals surface area contributed by atoms with Crippen molar-refractivity contribution in [3.05, 3.63) is 83.1 Å². The number of aromatic nitrogens is 1. The van der Waals surface area contributed by atoms with E-state index in [1.807, 2.05) is 6.07 Å². The van der Waals surface area contributed by atoms with Gasteiger partial charge in [-0.05, 0) is 60.9 Å². The molecule has 2 heterocycles. The van der Waals surface area contributed by atoms with Gasteiger partial charge in [-0.3, -0.25) is 4.79 Å². The Kier molecular flexibility index (Phi) is 4.59. The Hall–Kier alpha value is -2.85. The standard InChI is InChI=1S/C21H18ClN3O/c22-16-7-9-17(10-8-16)24-21(26)19-12-11-18(14-23-19)25-13-3-5-15-4-1-2-6-20(15)25/h1-2,4,6-12,14H,3,5,13H2,(H,24,26). The van der Waals surface area contributed by atoms with Crippen LogP contribution in [0.1, 0.15) is 22.5 Å². The summed E-state index contributed by atoms with van der Waals surface area (Å²) in [6, 6.07) is 19.1. The summed E-state index contributed by atoms with van der Waals surface area (Å²) < 4.78 is 0. The molecule has 1 aliphatic heterocycles. The Balaban J connectivity index is 1.52. The van der Waals surface area contributed by atoms with Crippen molar-refractivity contribution >= 4 is 34.6 Å². The molecular weight excluding hydrogens is 346 g/mol. The number of anilines is 3. The number of nitrogens with zero attached hydrogens (tertiary/aromatic N) is 2. The van der Waals surface area contributed by atoms with Crippen LogP contribution in [-0.2, 0) is 6.42 Å². The quantitative estimate of drug-likeness (QED) is 0.706. The van der Waals surface area contributed by atoms with Gasteiger partial charge in [0.2, 0.25) is 0 Å².